The highest BCUT2D eigenvalue weighted by atomic mass is 79.9. The van der Waals surface area contributed by atoms with Crippen LogP contribution in [0.4, 0.5) is 0 Å². The van der Waals surface area contributed by atoms with E-state index in [0.717, 1.165) is 0 Å². The lowest BCUT2D eigenvalue weighted by atomic mass is 10.3. The lowest BCUT2D eigenvalue weighted by Gasteiger charge is -2.23. The third kappa shape index (κ3) is 1.76. The predicted octanol–water partition coefficient (Wildman–Crippen LogP) is 0.976. The van der Waals surface area contributed by atoms with Crippen LogP contribution in [0.3, 0.4) is 0 Å². The Morgan fingerprint density at radius 2 is 2.46 bits per heavy atom. The molecule has 0 radical (unpaired) electrons. The van der Waals surface area contributed by atoms with Crippen LogP contribution in [-0.2, 0) is 0 Å². The van der Waals surface area contributed by atoms with Gasteiger partial charge in [-0.15, -0.1) is 0 Å². The van der Waals surface area contributed by atoms with Crippen LogP contribution in [0.1, 0.15) is 0 Å². The largest absolute Gasteiger partial charge is 0.484 e. The normalized spacial score (nSPS) is 20.0. The van der Waals surface area contributed by atoms with Crippen molar-refractivity contribution < 1.29 is 14.6 Å². The molecular formula is C8H8BrNO3. The van der Waals surface area contributed by atoms with E-state index in [1.54, 1.807) is 12.1 Å². The first kappa shape index (κ1) is 8.77. The average Bonchev–Trinajstić information content (AvgIpc) is 2.16. The fourth-order valence-electron chi connectivity index (χ4n) is 1.06. The summed E-state index contributed by atoms with van der Waals surface area (Å²) in [6.07, 6.45) is -0.311. The number of rotatable bonds is 1. The number of aromatic nitrogens is 1. The molecule has 13 heavy (non-hydrogen) atoms. The van der Waals surface area contributed by atoms with Crippen molar-refractivity contribution in [3.05, 3.63) is 16.7 Å². The monoisotopic (exact) mass is 245 g/mol. The smallest absolute Gasteiger partial charge is 0.258 e. The predicted molar refractivity (Wildman–Crippen MR) is 48.9 cm³/mol. The molecule has 2 rings (SSSR count). The fraction of sp³-hybridized carbons (Fsp3) is 0.375. The number of ether oxygens (including phenoxy) is 2. The number of aliphatic hydroxyl groups excluding tert-OH is 1. The van der Waals surface area contributed by atoms with Crippen LogP contribution in [0.2, 0.25) is 0 Å². The molecular weight excluding hydrogens is 238 g/mol. The van der Waals surface area contributed by atoms with Gasteiger partial charge in [0.2, 0.25) is 0 Å². The summed E-state index contributed by atoms with van der Waals surface area (Å²) in [6.45, 7) is 0.306. The van der Waals surface area contributed by atoms with Gasteiger partial charge in [-0.25, -0.2) is 4.98 Å². The molecule has 0 saturated heterocycles. The van der Waals surface area contributed by atoms with Crippen molar-refractivity contribution in [1.29, 1.82) is 0 Å². The second-order valence-electron chi connectivity index (χ2n) is 2.67. The van der Waals surface area contributed by atoms with E-state index in [0.29, 0.717) is 22.8 Å². The van der Waals surface area contributed by atoms with Gasteiger partial charge in [0.05, 0.1) is 6.61 Å². The minimum atomic E-state index is -0.311. The van der Waals surface area contributed by atoms with Gasteiger partial charge in [0.15, 0.2) is 11.9 Å². The number of aliphatic hydroxyl groups is 1. The van der Waals surface area contributed by atoms with E-state index in [1.807, 2.05) is 0 Å². The quantitative estimate of drug-likeness (QED) is 0.750. The van der Waals surface area contributed by atoms with Gasteiger partial charge < -0.3 is 14.6 Å². The summed E-state index contributed by atoms with van der Waals surface area (Å²) in [5, 5.41) is 8.84. The van der Waals surface area contributed by atoms with E-state index in [2.05, 4.69) is 20.9 Å². The highest BCUT2D eigenvalue weighted by Crippen LogP contribution is 2.30. The Bertz CT molecular complexity index is 318. The first-order valence-corrected chi connectivity index (χ1v) is 4.66. The van der Waals surface area contributed by atoms with Crippen LogP contribution in [0.15, 0.2) is 16.7 Å². The molecule has 1 unspecified atom stereocenters. The van der Waals surface area contributed by atoms with Gasteiger partial charge in [0.25, 0.3) is 5.88 Å². The van der Waals surface area contributed by atoms with E-state index < -0.39 is 0 Å². The van der Waals surface area contributed by atoms with Crippen molar-refractivity contribution in [3.8, 4) is 11.6 Å². The summed E-state index contributed by atoms with van der Waals surface area (Å²) in [5.74, 6) is 1.05. The van der Waals surface area contributed by atoms with Gasteiger partial charge >= 0.3 is 0 Å². The standard InChI is InChI=1S/C8H8BrNO3/c9-7-2-1-6-8(10-7)13-5(3-11)4-12-6/h1-2,5,11H,3-4H2. The van der Waals surface area contributed by atoms with Gasteiger partial charge in [-0.05, 0) is 28.1 Å². The highest BCUT2D eigenvalue weighted by Gasteiger charge is 2.21. The molecule has 70 valence electrons. The number of pyridine rings is 1. The fourth-order valence-corrected chi connectivity index (χ4v) is 1.36. The summed E-state index contributed by atoms with van der Waals surface area (Å²) >= 11 is 3.22. The minimum Gasteiger partial charge on any atom is -0.484 e. The van der Waals surface area contributed by atoms with E-state index in [1.165, 1.54) is 0 Å². The van der Waals surface area contributed by atoms with Crippen LogP contribution < -0.4 is 9.47 Å². The van der Waals surface area contributed by atoms with E-state index in [-0.39, 0.29) is 12.7 Å². The molecule has 5 heteroatoms. The van der Waals surface area contributed by atoms with Gasteiger partial charge in [-0.2, -0.15) is 0 Å². The Hall–Kier alpha value is -0.810. The van der Waals surface area contributed by atoms with Crippen LogP contribution in [-0.4, -0.2) is 29.4 Å². The average molecular weight is 246 g/mol. The molecule has 0 amide bonds. The molecule has 0 saturated carbocycles. The molecule has 1 aliphatic rings. The molecule has 1 aromatic heterocycles. The van der Waals surface area contributed by atoms with Crippen LogP contribution in [0, 0.1) is 0 Å². The third-order valence-corrected chi connectivity index (χ3v) is 2.14. The zero-order valence-corrected chi connectivity index (χ0v) is 8.32. The molecule has 1 atom stereocenters. The molecule has 0 spiro atoms. The summed E-state index contributed by atoms with van der Waals surface area (Å²) < 4.78 is 11.3. The highest BCUT2D eigenvalue weighted by molar-refractivity contribution is 9.10. The molecule has 0 aromatic carbocycles. The number of halogens is 1. The first-order chi connectivity index (χ1) is 6.29. The van der Waals surface area contributed by atoms with Gasteiger partial charge in [-0.3, -0.25) is 0 Å². The SMILES string of the molecule is OCC1COc2ccc(Br)nc2O1. The first-order valence-electron chi connectivity index (χ1n) is 3.86. The molecule has 0 fully saturated rings. The molecule has 1 N–H and O–H groups in total. The topological polar surface area (TPSA) is 51.6 Å². The molecule has 0 bridgehead atoms. The minimum absolute atomic E-state index is 0.0619. The van der Waals surface area contributed by atoms with Gasteiger partial charge in [0, 0.05) is 0 Å². The Morgan fingerprint density at radius 3 is 3.23 bits per heavy atom. The zero-order valence-electron chi connectivity index (χ0n) is 6.74. The van der Waals surface area contributed by atoms with Crippen molar-refractivity contribution in [3.63, 3.8) is 0 Å². The Kier molecular flexibility index (Phi) is 2.37. The van der Waals surface area contributed by atoms with E-state index in [4.69, 9.17) is 14.6 Å². The summed E-state index contributed by atoms with van der Waals surface area (Å²) in [7, 11) is 0. The van der Waals surface area contributed by atoms with Crippen LogP contribution >= 0.6 is 15.9 Å². The molecule has 1 aliphatic heterocycles. The van der Waals surface area contributed by atoms with Crippen molar-refractivity contribution in [2.24, 2.45) is 0 Å². The molecule has 2 heterocycles. The van der Waals surface area contributed by atoms with E-state index in [9.17, 15) is 0 Å². The Morgan fingerprint density at radius 1 is 1.62 bits per heavy atom. The van der Waals surface area contributed by atoms with Crippen molar-refractivity contribution in [2.45, 2.75) is 6.10 Å². The van der Waals surface area contributed by atoms with E-state index >= 15 is 0 Å². The second-order valence-corrected chi connectivity index (χ2v) is 3.48. The Balaban J connectivity index is 2.27. The summed E-state index contributed by atoms with van der Waals surface area (Å²) in [6, 6.07) is 3.56. The maximum absolute atomic E-state index is 8.84. The summed E-state index contributed by atoms with van der Waals surface area (Å²) in [5.41, 5.74) is 0. The van der Waals surface area contributed by atoms with Gasteiger partial charge in [0.1, 0.15) is 11.2 Å². The number of nitrogens with zero attached hydrogens (tertiary/aromatic N) is 1. The number of hydrogen-bond acceptors (Lipinski definition) is 4. The van der Waals surface area contributed by atoms with Crippen molar-refractivity contribution in [1.82, 2.24) is 4.98 Å². The molecule has 0 aliphatic carbocycles. The maximum atomic E-state index is 8.84. The van der Waals surface area contributed by atoms with Crippen LogP contribution in [0.25, 0.3) is 0 Å². The lowest BCUT2D eigenvalue weighted by Crippen LogP contribution is -2.32. The third-order valence-electron chi connectivity index (χ3n) is 1.70. The Labute approximate surface area is 83.6 Å². The van der Waals surface area contributed by atoms with Crippen molar-refractivity contribution in [2.75, 3.05) is 13.2 Å². The lowest BCUT2D eigenvalue weighted by molar-refractivity contribution is 0.0409. The second kappa shape index (κ2) is 3.51. The van der Waals surface area contributed by atoms with Crippen LogP contribution in [0.5, 0.6) is 11.6 Å². The number of hydrogen-bond donors (Lipinski definition) is 1. The van der Waals surface area contributed by atoms with Gasteiger partial charge in [-0.1, -0.05) is 0 Å². The molecule has 4 nitrogen and oxygen atoms in total. The molecule has 1 aromatic rings. The zero-order chi connectivity index (χ0) is 9.26. The number of fused-ring (bicyclic) bond motifs is 1. The van der Waals surface area contributed by atoms with Crippen molar-refractivity contribution >= 4 is 15.9 Å². The maximum Gasteiger partial charge on any atom is 0.258 e. The summed E-state index contributed by atoms with van der Waals surface area (Å²) in [4.78, 5) is 4.07.